The largest absolute Gasteiger partial charge is 0.321 e. The summed E-state index contributed by atoms with van der Waals surface area (Å²) >= 11 is 30.3. The Kier molecular flexibility index (Phi) is 12.9. The molecule has 0 unspecified atom stereocenters. The average molecular weight is 694 g/mol. The Morgan fingerprint density at radius 1 is 0.622 bits per heavy atom. The highest BCUT2D eigenvalue weighted by Gasteiger charge is 2.46. The third kappa shape index (κ3) is 10.4. The van der Waals surface area contributed by atoms with Crippen molar-refractivity contribution >= 4 is 104 Å². The standard InChI is InChI=1S/C23H28Cl2O4P2S6/c24-19-3-7-21(8-4-19)34-11-1-13-36-30(32)26-15-23(16-27-30)17-28-31(33,29-18-23)37-14-2-12-35-22-9-5-20(25)6-10-22/h3-10H,1-2,11-18H2. The van der Waals surface area contributed by atoms with Gasteiger partial charge in [0.25, 0.3) is 0 Å². The van der Waals surface area contributed by atoms with E-state index < -0.39 is 11.4 Å². The van der Waals surface area contributed by atoms with Crippen molar-refractivity contribution in [1.82, 2.24) is 0 Å². The Bertz CT molecular complexity index is 994. The minimum Gasteiger partial charge on any atom is -0.321 e. The Morgan fingerprint density at radius 3 is 1.32 bits per heavy atom. The SMILES string of the molecule is S=P1(SCCCSc2ccc(Cl)cc2)OCC2(CO1)COP(=S)(SCCCSc1ccc(Cl)cc1)OC2. The third-order valence-electron chi connectivity index (χ3n) is 5.36. The molecule has 0 bridgehead atoms. The molecule has 4 rings (SSSR count). The first-order valence-electron chi connectivity index (χ1n) is 11.6. The molecule has 37 heavy (non-hydrogen) atoms. The summed E-state index contributed by atoms with van der Waals surface area (Å²) in [6.07, 6.45) is 2.05. The fraction of sp³-hybridized carbons (Fsp3) is 0.478. The van der Waals surface area contributed by atoms with Gasteiger partial charge in [0.2, 0.25) is 11.4 Å². The number of rotatable bonds is 12. The molecular weight excluding hydrogens is 666 g/mol. The fourth-order valence-corrected chi connectivity index (χ4v) is 14.4. The monoisotopic (exact) mass is 692 g/mol. The molecule has 4 nitrogen and oxygen atoms in total. The zero-order valence-corrected chi connectivity index (χ0v) is 28.1. The molecule has 2 aliphatic rings. The van der Waals surface area contributed by atoms with Gasteiger partial charge in [0, 0.05) is 31.3 Å². The first-order valence-corrected chi connectivity index (χ1v) is 22.8. The minimum atomic E-state index is -2.33. The van der Waals surface area contributed by atoms with Crippen molar-refractivity contribution in [3.05, 3.63) is 58.6 Å². The topological polar surface area (TPSA) is 36.9 Å². The molecule has 0 saturated carbocycles. The van der Waals surface area contributed by atoms with E-state index in [0.717, 1.165) is 45.9 Å². The normalized spacial score (nSPS) is 27.9. The van der Waals surface area contributed by atoms with Crippen molar-refractivity contribution < 1.29 is 18.1 Å². The van der Waals surface area contributed by atoms with Crippen LogP contribution in [0, 0.1) is 5.41 Å². The summed E-state index contributed by atoms with van der Waals surface area (Å²) in [6, 6.07) is 15.8. The van der Waals surface area contributed by atoms with Gasteiger partial charge in [-0.3, -0.25) is 0 Å². The van der Waals surface area contributed by atoms with E-state index in [1.807, 2.05) is 72.1 Å². The van der Waals surface area contributed by atoms with Crippen molar-refractivity contribution in [2.45, 2.75) is 22.6 Å². The molecule has 2 heterocycles. The van der Waals surface area contributed by atoms with E-state index in [0.29, 0.717) is 26.4 Å². The number of hydrogen-bond acceptors (Lipinski definition) is 10. The summed E-state index contributed by atoms with van der Waals surface area (Å²) in [5.74, 6) is 3.84. The second kappa shape index (κ2) is 15.2. The summed E-state index contributed by atoms with van der Waals surface area (Å²) in [5, 5.41) is 1.52. The third-order valence-corrected chi connectivity index (χ3v) is 18.8. The van der Waals surface area contributed by atoms with Crippen molar-refractivity contribution in [3.63, 3.8) is 0 Å². The summed E-state index contributed by atoms with van der Waals surface area (Å²) < 4.78 is 24.5. The molecule has 2 saturated heterocycles. The lowest BCUT2D eigenvalue weighted by molar-refractivity contribution is -0.0485. The average Bonchev–Trinajstić information content (AvgIpc) is 2.90. The molecule has 0 radical (unpaired) electrons. The van der Waals surface area contributed by atoms with Gasteiger partial charge in [0.05, 0.1) is 31.8 Å². The van der Waals surface area contributed by atoms with Crippen LogP contribution < -0.4 is 0 Å². The summed E-state index contributed by atoms with van der Waals surface area (Å²) in [7, 11) is 0. The molecule has 0 amide bonds. The smallest absolute Gasteiger partial charge is 0.247 e. The van der Waals surface area contributed by atoms with Crippen molar-refractivity contribution in [3.8, 4) is 0 Å². The number of halogens is 2. The van der Waals surface area contributed by atoms with Crippen molar-refractivity contribution in [2.75, 3.05) is 49.4 Å². The number of hydrogen-bond donors (Lipinski definition) is 0. The summed E-state index contributed by atoms with van der Waals surface area (Å²) in [6.45, 7) is 1.98. The van der Waals surface area contributed by atoms with Gasteiger partial charge in [-0.15, -0.1) is 23.5 Å². The van der Waals surface area contributed by atoms with Gasteiger partial charge in [-0.25, -0.2) is 0 Å². The lowest BCUT2D eigenvalue weighted by atomic mass is 9.93. The van der Waals surface area contributed by atoms with Crippen LogP contribution in [0.25, 0.3) is 0 Å². The van der Waals surface area contributed by atoms with Crippen LogP contribution in [0.15, 0.2) is 58.3 Å². The summed E-state index contributed by atoms with van der Waals surface area (Å²) in [4.78, 5) is 2.44. The van der Waals surface area contributed by atoms with Crippen LogP contribution in [-0.4, -0.2) is 49.4 Å². The van der Waals surface area contributed by atoms with Crippen molar-refractivity contribution in [2.24, 2.45) is 5.41 Å². The van der Waals surface area contributed by atoms with Gasteiger partial charge >= 0.3 is 0 Å². The Balaban J connectivity index is 1.09. The van der Waals surface area contributed by atoms with Crippen LogP contribution in [-0.2, 0) is 41.7 Å². The van der Waals surface area contributed by atoms with E-state index in [1.54, 1.807) is 22.8 Å². The van der Waals surface area contributed by atoms with Crippen LogP contribution in [0.2, 0.25) is 10.0 Å². The molecule has 2 aliphatic heterocycles. The highest BCUT2D eigenvalue weighted by Crippen LogP contribution is 2.68. The lowest BCUT2D eigenvalue weighted by Gasteiger charge is -2.44. The maximum atomic E-state index is 6.11. The molecule has 2 aromatic rings. The molecular formula is C23H28Cl2O4P2S6. The maximum absolute atomic E-state index is 6.11. The van der Waals surface area contributed by atoms with E-state index in [1.165, 1.54) is 9.79 Å². The molecule has 14 heteroatoms. The number of thioether (sulfide) groups is 2. The first-order chi connectivity index (χ1) is 17.8. The van der Waals surface area contributed by atoms with Crippen LogP contribution >= 0.6 is 80.9 Å². The van der Waals surface area contributed by atoms with Crippen LogP contribution in [0.5, 0.6) is 0 Å². The van der Waals surface area contributed by atoms with Gasteiger partial charge in [-0.05, 0) is 96.5 Å². The Morgan fingerprint density at radius 2 is 0.973 bits per heavy atom. The Labute approximate surface area is 256 Å². The number of benzene rings is 2. The van der Waals surface area contributed by atoms with Gasteiger partial charge in [0.15, 0.2) is 0 Å². The second-order valence-corrected chi connectivity index (χ2v) is 24.5. The van der Waals surface area contributed by atoms with E-state index in [4.69, 9.17) is 64.9 Å². The second-order valence-electron chi connectivity index (χ2n) is 8.47. The zero-order chi connectivity index (χ0) is 26.2. The molecule has 0 aliphatic carbocycles. The van der Waals surface area contributed by atoms with Crippen LogP contribution in [0.4, 0.5) is 0 Å². The van der Waals surface area contributed by atoms with Gasteiger partial charge in [0.1, 0.15) is 0 Å². The summed E-state index contributed by atoms with van der Waals surface area (Å²) in [5.41, 5.74) is -4.98. The molecule has 2 aromatic carbocycles. The van der Waals surface area contributed by atoms with E-state index in [9.17, 15) is 0 Å². The van der Waals surface area contributed by atoms with Gasteiger partial charge in [-0.2, -0.15) is 0 Å². The van der Waals surface area contributed by atoms with Crippen molar-refractivity contribution in [1.29, 1.82) is 0 Å². The predicted molar refractivity (Wildman–Crippen MR) is 173 cm³/mol. The van der Waals surface area contributed by atoms with Crippen LogP contribution in [0.3, 0.4) is 0 Å². The molecule has 2 fully saturated rings. The van der Waals surface area contributed by atoms with E-state index in [2.05, 4.69) is 0 Å². The predicted octanol–water partition coefficient (Wildman–Crippen LogP) is 9.65. The fourth-order valence-electron chi connectivity index (χ4n) is 3.25. The molecule has 0 N–H and O–H groups in total. The highest BCUT2D eigenvalue weighted by atomic mass is 35.5. The molecule has 204 valence electrons. The lowest BCUT2D eigenvalue weighted by Crippen LogP contribution is -2.45. The maximum Gasteiger partial charge on any atom is 0.247 e. The van der Waals surface area contributed by atoms with E-state index >= 15 is 0 Å². The highest BCUT2D eigenvalue weighted by molar-refractivity contribution is 8.68. The molecule has 1 spiro atoms. The molecule has 0 atom stereocenters. The van der Waals surface area contributed by atoms with E-state index in [-0.39, 0.29) is 5.41 Å². The Hall–Kier alpha value is 1.56. The van der Waals surface area contributed by atoms with Gasteiger partial charge < -0.3 is 18.1 Å². The quantitative estimate of drug-likeness (QED) is 0.122. The van der Waals surface area contributed by atoms with Gasteiger partial charge in [-0.1, -0.05) is 46.0 Å². The zero-order valence-electron chi connectivity index (χ0n) is 19.9. The minimum absolute atomic E-state index is 0.319. The first kappa shape index (κ1) is 31.5. The molecule has 0 aromatic heterocycles. The van der Waals surface area contributed by atoms with Crippen LogP contribution in [0.1, 0.15) is 12.8 Å².